The highest BCUT2D eigenvalue weighted by molar-refractivity contribution is 6.32. The van der Waals surface area contributed by atoms with E-state index in [-0.39, 0.29) is 6.04 Å². The maximum atomic E-state index is 13.7. The van der Waals surface area contributed by atoms with Gasteiger partial charge in [-0.15, -0.1) is 0 Å². The fourth-order valence-electron chi connectivity index (χ4n) is 3.05. The Kier molecular flexibility index (Phi) is 4.62. The number of hydrogen-bond donors (Lipinski definition) is 1. The van der Waals surface area contributed by atoms with E-state index >= 15 is 0 Å². The number of hydrogen-bond acceptors (Lipinski definition) is 3. The molecule has 118 valence electrons. The van der Waals surface area contributed by atoms with Gasteiger partial charge in [0.2, 0.25) is 0 Å². The smallest absolute Gasteiger partial charge is 0.128 e. The van der Waals surface area contributed by atoms with Gasteiger partial charge in [-0.3, -0.25) is 9.88 Å². The van der Waals surface area contributed by atoms with Crippen molar-refractivity contribution in [1.82, 2.24) is 9.88 Å². The summed E-state index contributed by atoms with van der Waals surface area (Å²) in [7, 11) is 0. The molecule has 1 aromatic heterocycles. The molecule has 1 aliphatic heterocycles. The van der Waals surface area contributed by atoms with E-state index in [1.807, 2.05) is 12.1 Å². The molecule has 0 saturated carbocycles. The third kappa shape index (κ3) is 3.24. The predicted octanol–water partition coefficient (Wildman–Crippen LogP) is 3.11. The number of nitrogens with zero attached hydrogens (tertiary/aromatic N) is 2. The highest BCUT2D eigenvalue weighted by Crippen LogP contribution is 2.26. The molecule has 1 saturated heterocycles. The van der Waals surface area contributed by atoms with Gasteiger partial charge in [0.25, 0.3) is 0 Å². The average Bonchev–Trinajstić information content (AvgIpc) is 2.49. The lowest BCUT2D eigenvalue weighted by atomic mass is 10.0. The van der Waals surface area contributed by atoms with E-state index < -0.39 is 6.17 Å². The standard InChI is InChI=1S/C17H21ClFN3/c1-11-2-3-17-13(8-11)12(14(18)9-21-17)4-6-22-7-5-16(20)15(19)10-22/h2-3,8-9,15-16H,4-7,10,20H2,1H3/t15-,16-/m0/s1. The van der Waals surface area contributed by atoms with Crippen molar-refractivity contribution < 1.29 is 4.39 Å². The normalized spacial score (nSPS) is 23.1. The van der Waals surface area contributed by atoms with Crippen LogP contribution in [0.1, 0.15) is 17.5 Å². The number of aryl methyl sites for hydroxylation is 1. The fraction of sp³-hybridized carbons (Fsp3) is 0.471. The van der Waals surface area contributed by atoms with Crippen LogP contribution in [0, 0.1) is 6.92 Å². The van der Waals surface area contributed by atoms with Crippen LogP contribution in [0.4, 0.5) is 4.39 Å². The zero-order chi connectivity index (χ0) is 15.7. The molecule has 0 spiro atoms. The highest BCUT2D eigenvalue weighted by Gasteiger charge is 2.26. The second-order valence-corrected chi connectivity index (χ2v) is 6.53. The topological polar surface area (TPSA) is 42.2 Å². The minimum absolute atomic E-state index is 0.316. The second-order valence-electron chi connectivity index (χ2n) is 6.12. The van der Waals surface area contributed by atoms with Crippen molar-refractivity contribution in [3.05, 3.63) is 40.5 Å². The maximum Gasteiger partial charge on any atom is 0.128 e. The Hall–Kier alpha value is -1.23. The minimum atomic E-state index is -0.930. The number of aromatic nitrogens is 1. The molecule has 1 aromatic carbocycles. The maximum absolute atomic E-state index is 13.7. The average molecular weight is 322 g/mol. The minimum Gasteiger partial charge on any atom is -0.325 e. The van der Waals surface area contributed by atoms with Crippen LogP contribution in [0.5, 0.6) is 0 Å². The van der Waals surface area contributed by atoms with Crippen LogP contribution in [0.15, 0.2) is 24.4 Å². The van der Waals surface area contributed by atoms with Crippen molar-refractivity contribution in [3.63, 3.8) is 0 Å². The van der Waals surface area contributed by atoms with E-state index in [9.17, 15) is 4.39 Å². The fourth-order valence-corrected chi connectivity index (χ4v) is 3.29. The van der Waals surface area contributed by atoms with Crippen LogP contribution in [0.25, 0.3) is 10.9 Å². The van der Waals surface area contributed by atoms with Gasteiger partial charge in [-0.25, -0.2) is 4.39 Å². The Morgan fingerprint density at radius 1 is 1.45 bits per heavy atom. The van der Waals surface area contributed by atoms with E-state index in [2.05, 4.69) is 22.9 Å². The number of piperidine rings is 1. The SMILES string of the molecule is Cc1ccc2ncc(Cl)c(CCN3CC[C@H](N)[C@@H](F)C3)c2c1. The van der Waals surface area contributed by atoms with Crippen LogP contribution in [0.2, 0.25) is 5.02 Å². The van der Waals surface area contributed by atoms with Crippen LogP contribution in [0.3, 0.4) is 0 Å². The molecule has 0 radical (unpaired) electrons. The summed E-state index contributed by atoms with van der Waals surface area (Å²) >= 11 is 6.35. The molecular formula is C17H21ClFN3. The number of rotatable bonds is 3. The summed E-state index contributed by atoms with van der Waals surface area (Å²) in [4.78, 5) is 6.51. The van der Waals surface area contributed by atoms with Crippen LogP contribution >= 0.6 is 11.6 Å². The Bertz CT molecular complexity index is 671. The summed E-state index contributed by atoms with van der Waals surface area (Å²) in [5, 5.41) is 1.78. The first kappa shape index (κ1) is 15.7. The summed E-state index contributed by atoms with van der Waals surface area (Å²) in [6.45, 7) is 4.12. The Balaban J connectivity index is 1.79. The van der Waals surface area contributed by atoms with Gasteiger partial charge >= 0.3 is 0 Å². The molecule has 2 aromatic rings. The molecule has 2 heterocycles. The largest absolute Gasteiger partial charge is 0.325 e. The first-order valence-corrected chi connectivity index (χ1v) is 8.08. The molecule has 1 aliphatic rings. The van der Waals surface area contributed by atoms with Gasteiger partial charge in [0, 0.05) is 30.7 Å². The van der Waals surface area contributed by atoms with Crippen molar-refractivity contribution in [2.24, 2.45) is 5.73 Å². The first-order valence-electron chi connectivity index (χ1n) is 7.70. The molecule has 2 atom stereocenters. The van der Waals surface area contributed by atoms with Gasteiger partial charge in [-0.2, -0.15) is 0 Å². The molecule has 2 N–H and O–H groups in total. The molecular weight excluding hydrogens is 301 g/mol. The highest BCUT2D eigenvalue weighted by atomic mass is 35.5. The van der Waals surface area contributed by atoms with E-state index in [4.69, 9.17) is 17.3 Å². The summed E-state index contributed by atoms with van der Waals surface area (Å²) in [5.74, 6) is 0. The van der Waals surface area contributed by atoms with Crippen molar-refractivity contribution in [2.75, 3.05) is 19.6 Å². The third-order valence-electron chi connectivity index (χ3n) is 4.44. The van der Waals surface area contributed by atoms with Crippen molar-refractivity contribution in [2.45, 2.75) is 32.0 Å². The molecule has 22 heavy (non-hydrogen) atoms. The van der Waals surface area contributed by atoms with Gasteiger partial charge in [0.15, 0.2) is 0 Å². The van der Waals surface area contributed by atoms with E-state index in [0.717, 1.165) is 36.0 Å². The van der Waals surface area contributed by atoms with Crippen LogP contribution in [-0.2, 0) is 6.42 Å². The Morgan fingerprint density at radius 3 is 3.05 bits per heavy atom. The lowest BCUT2D eigenvalue weighted by Crippen LogP contribution is -2.48. The first-order chi connectivity index (χ1) is 10.5. The van der Waals surface area contributed by atoms with E-state index in [0.29, 0.717) is 18.0 Å². The Labute approximate surface area is 135 Å². The molecule has 1 fully saturated rings. The second kappa shape index (κ2) is 6.49. The third-order valence-corrected chi connectivity index (χ3v) is 4.76. The number of alkyl halides is 1. The quantitative estimate of drug-likeness (QED) is 0.944. The van der Waals surface area contributed by atoms with E-state index in [1.165, 1.54) is 5.56 Å². The molecule has 0 amide bonds. The summed E-state index contributed by atoms with van der Waals surface area (Å²) in [6.07, 6.45) is 2.29. The molecule has 0 bridgehead atoms. The van der Waals surface area contributed by atoms with Crippen LogP contribution in [-0.4, -0.2) is 41.7 Å². The van der Waals surface area contributed by atoms with Crippen molar-refractivity contribution in [3.8, 4) is 0 Å². The molecule has 5 heteroatoms. The number of benzene rings is 1. The number of halogens is 2. The van der Waals surface area contributed by atoms with Crippen molar-refractivity contribution >= 4 is 22.5 Å². The number of nitrogens with two attached hydrogens (primary N) is 1. The number of pyridine rings is 1. The monoisotopic (exact) mass is 321 g/mol. The molecule has 0 unspecified atom stereocenters. The lowest BCUT2D eigenvalue weighted by molar-refractivity contribution is 0.121. The number of fused-ring (bicyclic) bond motifs is 1. The zero-order valence-electron chi connectivity index (χ0n) is 12.7. The van der Waals surface area contributed by atoms with Crippen molar-refractivity contribution in [1.29, 1.82) is 0 Å². The van der Waals surface area contributed by atoms with Gasteiger partial charge in [0.1, 0.15) is 6.17 Å². The van der Waals surface area contributed by atoms with Gasteiger partial charge in [0.05, 0.1) is 10.5 Å². The number of likely N-dealkylation sites (tertiary alicyclic amines) is 1. The lowest BCUT2D eigenvalue weighted by Gasteiger charge is -2.32. The summed E-state index contributed by atoms with van der Waals surface area (Å²) in [6, 6.07) is 5.87. The Morgan fingerprint density at radius 2 is 2.27 bits per heavy atom. The predicted molar refractivity (Wildman–Crippen MR) is 89.1 cm³/mol. The van der Waals surface area contributed by atoms with Gasteiger partial charge in [-0.05, 0) is 44.0 Å². The zero-order valence-corrected chi connectivity index (χ0v) is 13.5. The molecule has 3 rings (SSSR count). The summed E-state index contributed by atoms with van der Waals surface area (Å²) in [5.41, 5.74) is 8.97. The summed E-state index contributed by atoms with van der Waals surface area (Å²) < 4.78 is 13.7. The van der Waals surface area contributed by atoms with E-state index in [1.54, 1.807) is 6.20 Å². The van der Waals surface area contributed by atoms with Crippen LogP contribution < -0.4 is 5.73 Å². The van der Waals surface area contributed by atoms with Gasteiger partial charge in [-0.1, -0.05) is 23.2 Å². The molecule has 0 aliphatic carbocycles. The molecule has 3 nitrogen and oxygen atoms in total. The van der Waals surface area contributed by atoms with Gasteiger partial charge < -0.3 is 5.73 Å².